The van der Waals surface area contributed by atoms with E-state index in [9.17, 15) is 18.7 Å². The Morgan fingerprint density at radius 3 is 1.92 bits per heavy atom. The molecule has 2 unspecified atom stereocenters. The predicted octanol–water partition coefficient (Wildman–Crippen LogP) is 3.83. The SMILES string of the molecule is CC(C)C(C(=O)O)N(c1ccc(-c2ccc(Br)cc2)cc1)S(=O)[O-]. The van der Waals surface area contributed by atoms with Crippen molar-refractivity contribution in [1.82, 2.24) is 0 Å². The number of carbonyl (C=O) groups is 1. The molecular formula is C17H17BrNO4S-. The number of halogens is 1. The highest BCUT2D eigenvalue weighted by molar-refractivity contribution is 9.10. The van der Waals surface area contributed by atoms with E-state index >= 15 is 0 Å². The molecular weight excluding hydrogens is 394 g/mol. The third-order valence-corrected chi connectivity index (χ3v) is 4.88. The highest BCUT2D eigenvalue weighted by Crippen LogP contribution is 2.27. The zero-order valence-corrected chi connectivity index (χ0v) is 15.6. The van der Waals surface area contributed by atoms with Crippen molar-refractivity contribution < 1.29 is 18.7 Å². The minimum absolute atomic E-state index is 0.324. The summed E-state index contributed by atoms with van der Waals surface area (Å²) in [5.74, 6) is -1.54. The Morgan fingerprint density at radius 2 is 1.54 bits per heavy atom. The summed E-state index contributed by atoms with van der Waals surface area (Å²) in [5, 5.41) is 9.36. The molecule has 0 saturated carbocycles. The fraction of sp³-hybridized carbons (Fsp3) is 0.235. The lowest BCUT2D eigenvalue weighted by Crippen LogP contribution is -2.45. The van der Waals surface area contributed by atoms with Crippen LogP contribution in [0.5, 0.6) is 0 Å². The monoisotopic (exact) mass is 410 g/mol. The number of anilines is 1. The van der Waals surface area contributed by atoms with E-state index in [0.29, 0.717) is 5.69 Å². The lowest BCUT2D eigenvalue weighted by molar-refractivity contribution is -0.139. The van der Waals surface area contributed by atoms with Crippen LogP contribution in [-0.2, 0) is 16.1 Å². The molecule has 0 saturated heterocycles. The third-order valence-electron chi connectivity index (χ3n) is 3.60. The van der Waals surface area contributed by atoms with Gasteiger partial charge in [0.25, 0.3) is 0 Å². The first-order valence-electron chi connectivity index (χ1n) is 7.28. The summed E-state index contributed by atoms with van der Waals surface area (Å²) >= 11 is 0.693. The van der Waals surface area contributed by atoms with Gasteiger partial charge in [0, 0.05) is 21.4 Å². The van der Waals surface area contributed by atoms with Gasteiger partial charge in [-0.25, -0.2) is 4.79 Å². The maximum absolute atomic E-state index is 11.6. The largest absolute Gasteiger partial charge is 0.755 e. The van der Waals surface area contributed by atoms with Crippen LogP contribution in [0.15, 0.2) is 53.0 Å². The number of hydrogen-bond acceptors (Lipinski definition) is 3. The van der Waals surface area contributed by atoms with E-state index in [1.807, 2.05) is 24.3 Å². The van der Waals surface area contributed by atoms with Gasteiger partial charge in [0.05, 0.1) is 0 Å². The van der Waals surface area contributed by atoms with Crippen molar-refractivity contribution in [2.24, 2.45) is 5.92 Å². The molecule has 0 aliphatic rings. The maximum atomic E-state index is 11.6. The molecule has 2 rings (SSSR count). The molecule has 0 aliphatic carbocycles. The summed E-state index contributed by atoms with van der Waals surface area (Å²) in [6.45, 7) is 3.35. The van der Waals surface area contributed by atoms with Crippen LogP contribution in [0.1, 0.15) is 13.8 Å². The molecule has 2 aromatic rings. The second kappa shape index (κ2) is 7.92. The van der Waals surface area contributed by atoms with Gasteiger partial charge in [0.15, 0.2) is 0 Å². The van der Waals surface area contributed by atoms with Gasteiger partial charge in [0.2, 0.25) is 0 Å². The highest BCUT2D eigenvalue weighted by atomic mass is 79.9. The number of rotatable bonds is 6. The highest BCUT2D eigenvalue weighted by Gasteiger charge is 2.30. The second-order valence-electron chi connectivity index (χ2n) is 5.62. The van der Waals surface area contributed by atoms with E-state index in [1.165, 1.54) is 0 Å². The molecule has 0 bridgehead atoms. The van der Waals surface area contributed by atoms with Gasteiger partial charge in [-0.05, 0) is 41.3 Å². The van der Waals surface area contributed by atoms with Crippen molar-refractivity contribution in [3.63, 3.8) is 0 Å². The van der Waals surface area contributed by atoms with Crippen LogP contribution in [0.25, 0.3) is 11.1 Å². The minimum atomic E-state index is -2.68. The molecule has 5 nitrogen and oxygen atoms in total. The zero-order valence-electron chi connectivity index (χ0n) is 13.2. The molecule has 0 amide bonds. The van der Waals surface area contributed by atoms with Gasteiger partial charge in [-0.2, -0.15) is 0 Å². The van der Waals surface area contributed by atoms with Gasteiger partial charge < -0.3 is 9.66 Å². The van der Waals surface area contributed by atoms with Crippen LogP contribution in [-0.4, -0.2) is 25.9 Å². The summed E-state index contributed by atoms with van der Waals surface area (Å²) in [4.78, 5) is 11.5. The lowest BCUT2D eigenvalue weighted by atomic mass is 10.0. The Labute approximate surface area is 151 Å². The Morgan fingerprint density at radius 1 is 1.08 bits per heavy atom. The average Bonchev–Trinajstić information content (AvgIpc) is 2.52. The zero-order chi connectivity index (χ0) is 17.9. The fourth-order valence-corrected chi connectivity index (χ4v) is 3.52. The van der Waals surface area contributed by atoms with Gasteiger partial charge in [-0.3, -0.25) is 8.51 Å². The van der Waals surface area contributed by atoms with Crippen molar-refractivity contribution in [1.29, 1.82) is 0 Å². The molecule has 1 N–H and O–H groups in total. The topological polar surface area (TPSA) is 80.7 Å². The number of hydrogen-bond donors (Lipinski definition) is 1. The molecule has 24 heavy (non-hydrogen) atoms. The molecule has 0 aliphatic heterocycles. The Hall–Kier alpha value is -1.70. The van der Waals surface area contributed by atoms with Crippen molar-refractivity contribution in [3.8, 4) is 11.1 Å². The van der Waals surface area contributed by atoms with Crippen molar-refractivity contribution in [2.75, 3.05) is 4.31 Å². The normalized spacial score (nSPS) is 13.5. The Bertz CT molecular complexity index is 731. The standard InChI is InChI=1S/C17H18BrNO4S/c1-11(2)16(17(20)21)19(24(22)23)15-9-5-13(6-10-15)12-3-7-14(18)8-4-12/h3-11,16H,1-2H3,(H,20,21)(H,22,23)/p-1. The van der Waals surface area contributed by atoms with E-state index < -0.39 is 23.3 Å². The molecule has 0 heterocycles. The molecule has 0 radical (unpaired) electrons. The third kappa shape index (κ3) is 4.23. The summed E-state index contributed by atoms with van der Waals surface area (Å²) in [5.41, 5.74) is 2.22. The summed E-state index contributed by atoms with van der Waals surface area (Å²) in [6, 6.07) is 13.4. The molecule has 2 atom stereocenters. The fourth-order valence-electron chi connectivity index (χ4n) is 2.44. The van der Waals surface area contributed by atoms with Crippen LogP contribution in [0.2, 0.25) is 0 Å². The lowest BCUT2D eigenvalue weighted by Gasteiger charge is -2.34. The van der Waals surface area contributed by atoms with Gasteiger partial charge in [-0.15, -0.1) is 0 Å². The molecule has 0 aromatic heterocycles. The van der Waals surface area contributed by atoms with Crippen molar-refractivity contribution in [3.05, 3.63) is 53.0 Å². The number of aliphatic carboxylic acids is 1. The van der Waals surface area contributed by atoms with E-state index in [-0.39, 0.29) is 5.92 Å². The maximum Gasteiger partial charge on any atom is 0.327 e. The van der Waals surface area contributed by atoms with Gasteiger partial charge in [0.1, 0.15) is 6.04 Å². The molecule has 2 aromatic carbocycles. The van der Waals surface area contributed by atoms with E-state index in [2.05, 4.69) is 15.9 Å². The predicted molar refractivity (Wildman–Crippen MR) is 97.2 cm³/mol. The summed E-state index contributed by atoms with van der Waals surface area (Å²) in [6.07, 6.45) is 0. The average molecular weight is 411 g/mol. The van der Waals surface area contributed by atoms with Crippen molar-refractivity contribution in [2.45, 2.75) is 19.9 Å². The number of carboxylic acids is 1. The number of carboxylic acid groups (broad SMARTS) is 1. The quantitative estimate of drug-likeness (QED) is 0.733. The van der Waals surface area contributed by atoms with Gasteiger partial charge >= 0.3 is 5.97 Å². The smallest absolute Gasteiger partial charge is 0.327 e. The first kappa shape index (κ1) is 18.6. The van der Waals surface area contributed by atoms with Crippen LogP contribution < -0.4 is 4.31 Å². The van der Waals surface area contributed by atoms with Crippen LogP contribution >= 0.6 is 15.9 Å². The minimum Gasteiger partial charge on any atom is -0.755 e. The molecule has 0 fully saturated rings. The van der Waals surface area contributed by atoms with Crippen LogP contribution in [0.3, 0.4) is 0 Å². The summed E-state index contributed by atoms with van der Waals surface area (Å²) < 4.78 is 25.1. The first-order valence-corrected chi connectivity index (χ1v) is 9.11. The van der Waals surface area contributed by atoms with E-state index in [1.54, 1.807) is 38.1 Å². The van der Waals surface area contributed by atoms with E-state index in [0.717, 1.165) is 19.9 Å². The number of benzene rings is 2. The van der Waals surface area contributed by atoms with Crippen LogP contribution in [0, 0.1) is 5.92 Å². The molecule has 0 spiro atoms. The Kier molecular flexibility index (Phi) is 6.15. The van der Waals surface area contributed by atoms with Crippen molar-refractivity contribution >= 4 is 38.9 Å². The van der Waals surface area contributed by atoms with E-state index in [4.69, 9.17) is 0 Å². The Balaban J connectivity index is 2.37. The van der Waals surface area contributed by atoms with Crippen LogP contribution in [0.4, 0.5) is 5.69 Å². The number of nitrogens with zero attached hydrogens (tertiary/aromatic N) is 1. The summed E-state index contributed by atoms with van der Waals surface area (Å²) in [7, 11) is 0. The van der Waals surface area contributed by atoms with Gasteiger partial charge in [-0.1, -0.05) is 54.0 Å². The second-order valence-corrected chi connectivity index (χ2v) is 7.37. The molecule has 7 heteroatoms. The first-order chi connectivity index (χ1) is 11.3. The molecule has 128 valence electrons.